The molecule has 4 bridgehead atoms. The number of hydrogen-bond acceptors (Lipinski definition) is 4. The van der Waals surface area contributed by atoms with Crippen LogP contribution in [0.4, 0.5) is 0 Å². The van der Waals surface area contributed by atoms with Crippen LogP contribution in [0.25, 0.3) is 0 Å². The lowest BCUT2D eigenvalue weighted by Crippen LogP contribution is -2.55. The molecule has 1 aromatic heterocycles. The third-order valence-corrected chi connectivity index (χ3v) is 7.46. The van der Waals surface area contributed by atoms with Crippen molar-refractivity contribution in [3.63, 3.8) is 0 Å². The maximum atomic E-state index is 12.7. The number of nitrogens with zero attached hydrogens (tertiary/aromatic N) is 1. The first-order valence-electron chi connectivity index (χ1n) is 7.89. The van der Waals surface area contributed by atoms with E-state index in [-0.39, 0.29) is 10.9 Å². The van der Waals surface area contributed by atoms with E-state index in [0.717, 1.165) is 11.8 Å². The Kier molecular flexibility index (Phi) is 2.99. The van der Waals surface area contributed by atoms with Gasteiger partial charge in [-0.3, -0.25) is 0 Å². The van der Waals surface area contributed by atoms with E-state index >= 15 is 0 Å². The molecule has 0 amide bonds. The molecular formula is C15H22N2O3S. The van der Waals surface area contributed by atoms with Gasteiger partial charge in [-0.2, -0.15) is 0 Å². The molecule has 4 aliphatic rings. The predicted octanol–water partition coefficient (Wildman–Crippen LogP) is 2.39. The second kappa shape index (κ2) is 4.56. The van der Waals surface area contributed by atoms with E-state index in [1.54, 1.807) is 13.8 Å². The minimum absolute atomic E-state index is 0.108. The lowest BCUT2D eigenvalue weighted by atomic mass is 9.54. The molecule has 0 unspecified atom stereocenters. The Balaban J connectivity index is 1.61. The van der Waals surface area contributed by atoms with Crippen molar-refractivity contribution in [2.75, 3.05) is 0 Å². The summed E-state index contributed by atoms with van der Waals surface area (Å²) in [6.07, 6.45) is 6.16. The topological polar surface area (TPSA) is 72.2 Å². The van der Waals surface area contributed by atoms with Gasteiger partial charge in [-0.05, 0) is 69.6 Å². The maximum absolute atomic E-state index is 12.7. The molecule has 6 heteroatoms. The van der Waals surface area contributed by atoms with Crippen LogP contribution in [0.3, 0.4) is 0 Å². The summed E-state index contributed by atoms with van der Waals surface area (Å²) in [4.78, 5) is 0.233. The van der Waals surface area contributed by atoms with Gasteiger partial charge in [0, 0.05) is 6.04 Å². The van der Waals surface area contributed by atoms with Crippen molar-refractivity contribution in [3.05, 3.63) is 11.5 Å². The fourth-order valence-corrected chi connectivity index (χ4v) is 6.92. The first-order valence-corrected chi connectivity index (χ1v) is 9.37. The van der Waals surface area contributed by atoms with Crippen LogP contribution in [0.15, 0.2) is 9.42 Å². The van der Waals surface area contributed by atoms with E-state index in [1.165, 1.54) is 32.1 Å². The van der Waals surface area contributed by atoms with E-state index in [9.17, 15) is 8.42 Å². The van der Waals surface area contributed by atoms with Gasteiger partial charge in [0.15, 0.2) is 5.76 Å². The minimum Gasteiger partial charge on any atom is -0.360 e. The Bertz CT molecular complexity index is 617. The van der Waals surface area contributed by atoms with Crippen molar-refractivity contribution in [1.29, 1.82) is 0 Å². The molecule has 0 saturated heterocycles. The van der Waals surface area contributed by atoms with Gasteiger partial charge >= 0.3 is 0 Å². The fraction of sp³-hybridized carbons (Fsp3) is 0.800. The molecule has 116 valence electrons. The summed E-state index contributed by atoms with van der Waals surface area (Å²) in [5.74, 6) is 3.11. The van der Waals surface area contributed by atoms with Crippen molar-refractivity contribution >= 4 is 10.0 Å². The molecule has 1 aromatic rings. The molecule has 0 aliphatic heterocycles. The molecule has 0 aromatic carbocycles. The smallest absolute Gasteiger partial charge is 0.246 e. The second-order valence-electron chi connectivity index (χ2n) is 7.23. The third kappa shape index (κ3) is 2.14. The molecule has 0 atom stereocenters. The SMILES string of the molecule is Cc1noc(C)c1S(=O)(=O)NC1C2CC3CC(C2)CC1C3. The Morgan fingerprint density at radius 3 is 2.10 bits per heavy atom. The van der Waals surface area contributed by atoms with Crippen molar-refractivity contribution in [2.24, 2.45) is 23.7 Å². The monoisotopic (exact) mass is 310 g/mol. The third-order valence-electron chi connectivity index (χ3n) is 5.75. The molecule has 5 nitrogen and oxygen atoms in total. The van der Waals surface area contributed by atoms with E-state index in [0.29, 0.717) is 23.3 Å². The summed E-state index contributed by atoms with van der Waals surface area (Å²) in [6.45, 7) is 3.34. The minimum atomic E-state index is -3.53. The van der Waals surface area contributed by atoms with E-state index in [1.807, 2.05) is 0 Å². The number of nitrogens with one attached hydrogen (secondary N) is 1. The van der Waals surface area contributed by atoms with Gasteiger partial charge in [0.25, 0.3) is 0 Å². The zero-order valence-corrected chi connectivity index (χ0v) is 13.3. The Labute approximate surface area is 125 Å². The highest BCUT2D eigenvalue weighted by Crippen LogP contribution is 2.53. The summed E-state index contributed by atoms with van der Waals surface area (Å²) >= 11 is 0. The molecule has 4 aliphatic carbocycles. The van der Waals surface area contributed by atoms with Gasteiger partial charge in [-0.25, -0.2) is 13.1 Å². The van der Waals surface area contributed by atoms with Crippen molar-refractivity contribution in [2.45, 2.75) is 56.9 Å². The highest BCUT2D eigenvalue weighted by atomic mass is 32.2. The van der Waals surface area contributed by atoms with Gasteiger partial charge in [0.1, 0.15) is 10.6 Å². The maximum Gasteiger partial charge on any atom is 0.246 e. The van der Waals surface area contributed by atoms with E-state index in [2.05, 4.69) is 9.88 Å². The summed E-state index contributed by atoms with van der Waals surface area (Å²) in [5.41, 5.74) is 0.448. The van der Waals surface area contributed by atoms with Gasteiger partial charge in [-0.15, -0.1) is 0 Å². The van der Waals surface area contributed by atoms with Crippen LogP contribution in [-0.4, -0.2) is 19.6 Å². The Morgan fingerprint density at radius 2 is 1.62 bits per heavy atom. The van der Waals surface area contributed by atoms with Crippen LogP contribution < -0.4 is 4.72 Å². The largest absolute Gasteiger partial charge is 0.360 e. The number of rotatable bonds is 3. The van der Waals surface area contributed by atoms with Gasteiger partial charge in [-0.1, -0.05) is 5.16 Å². The summed E-state index contributed by atoms with van der Waals surface area (Å²) in [7, 11) is -3.53. The van der Waals surface area contributed by atoms with Crippen LogP contribution >= 0.6 is 0 Å². The quantitative estimate of drug-likeness (QED) is 0.930. The molecular weight excluding hydrogens is 288 g/mol. The standard InChI is InChI=1S/C15H22N2O3S/c1-8-15(9(2)20-16-8)21(18,19)17-14-12-4-10-3-11(6-12)7-13(14)5-10/h10-14,17H,3-7H2,1-2H3. The highest BCUT2D eigenvalue weighted by Gasteiger charge is 2.49. The van der Waals surface area contributed by atoms with E-state index < -0.39 is 10.0 Å². The van der Waals surface area contributed by atoms with Gasteiger partial charge in [0.2, 0.25) is 10.0 Å². The van der Waals surface area contributed by atoms with Crippen molar-refractivity contribution in [3.8, 4) is 0 Å². The first-order chi connectivity index (χ1) is 9.94. The average Bonchev–Trinajstić information content (AvgIpc) is 2.73. The molecule has 1 heterocycles. The average molecular weight is 310 g/mol. The van der Waals surface area contributed by atoms with E-state index in [4.69, 9.17) is 4.52 Å². The zero-order chi connectivity index (χ0) is 14.8. The number of sulfonamides is 1. The number of aryl methyl sites for hydroxylation is 2. The molecule has 0 radical (unpaired) electrons. The molecule has 21 heavy (non-hydrogen) atoms. The normalized spacial score (nSPS) is 38.1. The highest BCUT2D eigenvalue weighted by molar-refractivity contribution is 7.89. The molecule has 0 spiro atoms. The van der Waals surface area contributed by atoms with Crippen LogP contribution in [0.5, 0.6) is 0 Å². The van der Waals surface area contributed by atoms with Crippen LogP contribution in [0, 0.1) is 37.5 Å². The molecule has 1 N–H and O–H groups in total. The van der Waals surface area contributed by atoms with Crippen LogP contribution in [-0.2, 0) is 10.0 Å². The van der Waals surface area contributed by atoms with Crippen molar-refractivity contribution in [1.82, 2.24) is 9.88 Å². The Hall–Kier alpha value is -0.880. The summed E-state index contributed by atoms with van der Waals surface area (Å²) in [6, 6.07) is 0.108. The number of hydrogen-bond donors (Lipinski definition) is 1. The zero-order valence-electron chi connectivity index (χ0n) is 12.5. The predicted molar refractivity (Wildman–Crippen MR) is 77.1 cm³/mol. The summed E-state index contributed by atoms with van der Waals surface area (Å²) in [5, 5.41) is 3.77. The van der Waals surface area contributed by atoms with Crippen molar-refractivity contribution < 1.29 is 12.9 Å². The molecule has 4 fully saturated rings. The van der Waals surface area contributed by atoms with Gasteiger partial charge < -0.3 is 4.52 Å². The first kappa shape index (κ1) is 13.8. The van der Waals surface area contributed by atoms with Crippen LogP contribution in [0.2, 0.25) is 0 Å². The van der Waals surface area contributed by atoms with Gasteiger partial charge in [0.05, 0.1) is 0 Å². The lowest BCUT2D eigenvalue weighted by molar-refractivity contribution is -0.00558. The van der Waals surface area contributed by atoms with Crippen LogP contribution in [0.1, 0.15) is 43.6 Å². The molecule has 4 saturated carbocycles. The second-order valence-corrected chi connectivity index (χ2v) is 8.88. The molecule has 5 rings (SSSR count). The summed E-state index contributed by atoms with van der Waals surface area (Å²) < 4.78 is 33.4. The number of aromatic nitrogens is 1. The lowest BCUT2D eigenvalue weighted by Gasteiger charge is -2.54. The fourth-order valence-electron chi connectivity index (χ4n) is 5.21. The Morgan fingerprint density at radius 1 is 1.05 bits per heavy atom.